The number of pyridine rings is 1. The van der Waals surface area contributed by atoms with Crippen molar-refractivity contribution in [1.82, 2.24) is 10.3 Å². The normalized spacial score (nSPS) is 19.1. The van der Waals surface area contributed by atoms with Crippen LogP contribution in [0.2, 0.25) is 0 Å². The Labute approximate surface area is 140 Å². The lowest BCUT2D eigenvalue weighted by molar-refractivity contribution is -0.119. The zero-order chi connectivity index (χ0) is 17.3. The van der Waals surface area contributed by atoms with Gasteiger partial charge in [-0.15, -0.1) is 0 Å². The van der Waals surface area contributed by atoms with Crippen molar-refractivity contribution in [3.63, 3.8) is 0 Å². The van der Waals surface area contributed by atoms with Crippen LogP contribution in [0.25, 0.3) is 10.8 Å². The highest BCUT2D eigenvalue weighted by Crippen LogP contribution is 2.33. The summed E-state index contributed by atoms with van der Waals surface area (Å²) in [5.74, 6) is 0.974. The Morgan fingerprint density at radius 1 is 1.42 bits per heavy atom. The van der Waals surface area contributed by atoms with Gasteiger partial charge in [0.2, 0.25) is 11.8 Å². The Hall–Kier alpha value is -2.63. The maximum Gasteiger partial charge on any atom is 0.221 e. The second kappa shape index (κ2) is 6.11. The van der Waals surface area contributed by atoms with Crippen LogP contribution in [0, 0.1) is 5.41 Å². The minimum absolute atomic E-state index is 0.0387. The summed E-state index contributed by atoms with van der Waals surface area (Å²) in [5.41, 5.74) is 0.315. The lowest BCUT2D eigenvalue weighted by Gasteiger charge is -2.25. The van der Waals surface area contributed by atoms with Crippen molar-refractivity contribution >= 4 is 23.0 Å². The number of nitrogens with zero attached hydrogens (tertiary/aromatic N) is 1. The molecule has 2 heterocycles. The number of nitrogens with one attached hydrogen (secondary N) is 1. The summed E-state index contributed by atoms with van der Waals surface area (Å²) in [6, 6.07) is 5.24. The van der Waals surface area contributed by atoms with Gasteiger partial charge in [-0.2, -0.15) is 0 Å². The van der Waals surface area contributed by atoms with Crippen molar-refractivity contribution in [2.45, 2.75) is 26.3 Å². The number of hydrogen-bond donors (Lipinski definition) is 1. The first-order valence-electron chi connectivity index (χ1n) is 7.78. The molecule has 0 radical (unpaired) electrons. The number of fused-ring (bicyclic) bond motifs is 1. The first kappa shape index (κ1) is 16.2. The van der Waals surface area contributed by atoms with E-state index < -0.39 is 0 Å². The molecule has 1 N–H and O–H groups in total. The number of carbonyl (C=O) groups excluding carboxylic acids is 2. The smallest absolute Gasteiger partial charge is 0.221 e. The lowest BCUT2D eigenvalue weighted by atomic mass is 9.85. The van der Waals surface area contributed by atoms with Crippen LogP contribution in [0.15, 0.2) is 24.4 Å². The van der Waals surface area contributed by atoms with E-state index in [1.165, 1.54) is 7.11 Å². The number of rotatable bonds is 5. The largest absolute Gasteiger partial charge is 0.496 e. The van der Waals surface area contributed by atoms with Crippen LogP contribution in [-0.4, -0.2) is 36.9 Å². The highest BCUT2D eigenvalue weighted by Gasteiger charge is 2.39. The summed E-state index contributed by atoms with van der Waals surface area (Å²) in [5, 5.41) is 4.55. The third kappa shape index (κ3) is 2.91. The molecule has 1 aromatic carbocycles. The van der Waals surface area contributed by atoms with Gasteiger partial charge in [0.05, 0.1) is 18.7 Å². The Morgan fingerprint density at radius 3 is 2.83 bits per heavy atom. The van der Waals surface area contributed by atoms with Gasteiger partial charge in [-0.3, -0.25) is 9.59 Å². The highest BCUT2D eigenvalue weighted by atomic mass is 16.5. The zero-order valence-electron chi connectivity index (χ0n) is 14.0. The molecule has 1 aliphatic rings. The molecule has 1 fully saturated rings. The number of aromatic nitrogens is 1. The Kier molecular flexibility index (Phi) is 4.13. The van der Waals surface area contributed by atoms with Gasteiger partial charge in [0.15, 0.2) is 6.29 Å². The van der Waals surface area contributed by atoms with Crippen molar-refractivity contribution in [1.29, 1.82) is 0 Å². The van der Waals surface area contributed by atoms with Crippen LogP contribution < -0.4 is 14.8 Å². The standard InChI is InChI=1S/C18H20N2O4/c1-18(2)8-16(22)20-15(18)10-24-17-13-7-14(23-3)12(9-21)6-11(13)4-5-19-17/h4-7,9,15H,8,10H2,1-3H3,(H,20,22). The quantitative estimate of drug-likeness (QED) is 0.853. The topological polar surface area (TPSA) is 77.5 Å². The van der Waals surface area contributed by atoms with E-state index in [4.69, 9.17) is 9.47 Å². The SMILES string of the molecule is COc1cc2c(OCC3NC(=O)CC3(C)C)nccc2cc1C=O. The monoisotopic (exact) mass is 328 g/mol. The number of benzene rings is 1. The predicted molar refractivity (Wildman–Crippen MR) is 89.5 cm³/mol. The molecule has 6 heteroatoms. The van der Waals surface area contributed by atoms with Crippen molar-refractivity contribution in [3.05, 3.63) is 30.0 Å². The van der Waals surface area contributed by atoms with Crippen LogP contribution >= 0.6 is 0 Å². The van der Waals surface area contributed by atoms with Gasteiger partial charge in [0.25, 0.3) is 0 Å². The fourth-order valence-corrected chi connectivity index (χ4v) is 2.98. The van der Waals surface area contributed by atoms with Crippen LogP contribution in [0.1, 0.15) is 30.6 Å². The number of hydrogen-bond acceptors (Lipinski definition) is 5. The first-order chi connectivity index (χ1) is 11.4. The van der Waals surface area contributed by atoms with Gasteiger partial charge in [0, 0.05) is 18.0 Å². The fourth-order valence-electron chi connectivity index (χ4n) is 2.98. The summed E-state index contributed by atoms with van der Waals surface area (Å²) < 4.78 is 11.1. The molecule has 1 amide bonds. The molecule has 0 aliphatic carbocycles. The summed E-state index contributed by atoms with van der Waals surface area (Å²) in [7, 11) is 1.52. The van der Waals surface area contributed by atoms with Gasteiger partial charge in [-0.05, 0) is 29.0 Å². The molecular formula is C18H20N2O4. The molecule has 1 unspecified atom stereocenters. The molecule has 0 bridgehead atoms. The van der Waals surface area contributed by atoms with Crippen molar-refractivity contribution in [2.24, 2.45) is 5.41 Å². The van der Waals surface area contributed by atoms with Crippen molar-refractivity contribution < 1.29 is 19.1 Å². The number of carbonyl (C=O) groups is 2. The van der Waals surface area contributed by atoms with Crippen LogP contribution in [0.5, 0.6) is 11.6 Å². The molecule has 0 saturated carbocycles. The minimum Gasteiger partial charge on any atom is -0.496 e. The molecule has 1 atom stereocenters. The van der Waals surface area contributed by atoms with Crippen LogP contribution in [0.4, 0.5) is 0 Å². The van der Waals surface area contributed by atoms with E-state index >= 15 is 0 Å². The number of methoxy groups -OCH3 is 1. The molecule has 0 spiro atoms. The number of aldehydes is 1. The van der Waals surface area contributed by atoms with Crippen LogP contribution in [-0.2, 0) is 4.79 Å². The summed E-state index contributed by atoms with van der Waals surface area (Å²) >= 11 is 0. The van der Waals surface area contributed by atoms with Gasteiger partial charge in [-0.25, -0.2) is 4.98 Å². The lowest BCUT2D eigenvalue weighted by Crippen LogP contribution is -2.38. The van der Waals surface area contributed by atoms with E-state index in [0.717, 1.165) is 17.1 Å². The maximum absolute atomic E-state index is 11.6. The second-order valence-corrected chi connectivity index (χ2v) is 6.65. The molecular weight excluding hydrogens is 308 g/mol. The number of ether oxygens (including phenoxy) is 2. The molecule has 24 heavy (non-hydrogen) atoms. The highest BCUT2D eigenvalue weighted by molar-refractivity contribution is 5.94. The van der Waals surface area contributed by atoms with Crippen molar-refractivity contribution in [2.75, 3.05) is 13.7 Å². The Bertz CT molecular complexity index is 801. The zero-order valence-corrected chi connectivity index (χ0v) is 14.0. The molecule has 6 nitrogen and oxygen atoms in total. The van der Waals surface area contributed by atoms with E-state index in [2.05, 4.69) is 10.3 Å². The van der Waals surface area contributed by atoms with Gasteiger partial charge < -0.3 is 14.8 Å². The summed E-state index contributed by atoms with van der Waals surface area (Å²) in [6.07, 6.45) is 2.88. The average molecular weight is 328 g/mol. The van der Waals surface area contributed by atoms with E-state index in [1.807, 2.05) is 19.9 Å². The van der Waals surface area contributed by atoms with E-state index in [1.54, 1.807) is 18.3 Å². The molecule has 1 saturated heterocycles. The summed E-state index contributed by atoms with van der Waals surface area (Å²) in [4.78, 5) is 27.1. The number of amides is 1. The molecule has 1 aliphatic heterocycles. The fraction of sp³-hybridized carbons (Fsp3) is 0.389. The Morgan fingerprint density at radius 2 is 2.21 bits per heavy atom. The second-order valence-electron chi connectivity index (χ2n) is 6.65. The minimum atomic E-state index is -0.163. The molecule has 3 rings (SSSR count). The Balaban J connectivity index is 1.90. The molecule has 1 aromatic heterocycles. The molecule has 126 valence electrons. The van der Waals surface area contributed by atoms with Crippen molar-refractivity contribution in [3.8, 4) is 11.6 Å². The average Bonchev–Trinajstić information content (AvgIpc) is 2.83. The van der Waals surface area contributed by atoms with E-state index in [-0.39, 0.29) is 17.4 Å². The van der Waals surface area contributed by atoms with E-state index in [0.29, 0.717) is 30.2 Å². The predicted octanol–water partition coefficient (Wildman–Crippen LogP) is 2.35. The third-order valence-corrected chi connectivity index (χ3v) is 4.49. The third-order valence-electron chi connectivity index (χ3n) is 4.49. The summed E-state index contributed by atoms with van der Waals surface area (Å²) in [6.45, 7) is 4.41. The van der Waals surface area contributed by atoms with Gasteiger partial charge in [-0.1, -0.05) is 13.8 Å². The van der Waals surface area contributed by atoms with Gasteiger partial charge in [0.1, 0.15) is 12.4 Å². The first-order valence-corrected chi connectivity index (χ1v) is 7.78. The van der Waals surface area contributed by atoms with Crippen LogP contribution in [0.3, 0.4) is 0 Å². The maximum atomic E-state index is 11.6. The van der Waals surface area contributed by atoms with E-state index in [9.17, 15) is 9.59 Å². The molecule has 2 aromatic rings. The van der Waals surface area contributed by atoms with Gasteiger partial charge >= 0.3 is 0 Å².